The Morgan fingerprint density at radius 2 is 2.00 bits per heavy atom. The zero-order valence-electron chi connectivity index (χ0n) is 12.2. The van der Waals surface area contributed by atoms with Gasteiger partial charge in [-0.2, -0.15) is 0 Å². The van der Waals surface area contributed by atoms with E-state index in [4.69, 9.17) is 5.11 Å². The summed E-state index contributed by atoms with van der Waals surface area (Å²) in [5.74, 6) is -0.451. The standard InChI is InChI=1S/C14H19N3O3/c1-9-7-10(12(18)19)8-11(15-9)17-6-5-16(4)13(20)14(17,2)3/h7-8H,5-6H2,1-4H3,(H,18,19). The highest BCUT2D eigenvalue weighted by Crippen LogP contribution is 2.28. The average Bonchev–Trinajstić information content (AvgIpc) is 2.35. The summed E-state index contributed by atoms with van der Waals surface area (Å²) < 4.78 is 0. The predicted molar refractivity (Wildman–Crippen MR) is 75.0 cm³/mol. The highest BCUT2D eigenvalue weighted by Gasteiger charge is 2.41. The second-order valence-corrected chi connectivity index (χ2v) is 5.60. The van der Waals surface area contributed by atoms with E-state index in [1.807, 2.05) is 18.7 Å². The van der Waals surface area contributed by atoms with Gasteiger partial charge in [-0.15, -0.1) is 0 Å². The lowest BCUT2D eigenvalue weighted by atomic mass is 9.97. The number of aromatic nitrogens is 1. The van der Waals surface area contributed by atoms with Crippen LogP contribution in [0.3, 0.4) is 0 Å². The highest BCUT2D eigenvalue weighted by molar-refractivity contribution is 5.91. The maximum absolute atomic E-state index is 12.3. The molecule has 6 nitrogen and oxygen atoms in total. The second-order valence-electron chi connectivity index (χ2n) is 5.60. The summed E-state index contributed by atoms with van der Waals surface area (Å²) in [5, 5.41) is 9.13. The maximum Gasteiger partial charge on any atom is 0.335 e. The van der Waals surface area contributed by atoms with E-state index in [9.17, 15) is 9.59 Å². The third kappa shape index (κ3) is 2.33. The number of amides is 1. The van der Waals surface area contributed by atoms with Gasteiger partial charge in [0.2, 0.25) is 5.91 Å². The molecule has 0 unspecified atom stereocenters. The monoisotopic (exact) mass is 277 g/mol. The number of hydrogen-bond donors (Lipinski definition) is 1. The molecule has 0 aliphatic carbocycles. The van der Waals surface area contributed by atoms with Crippen molar-refractivity contribution in [2.24, 2.45) is 0 Å². The summed E-state index contributed by atoms with van der Waals surface area (Å²) >= 11 is 0. The van der Waals surface area contributed by atoms with Crippen LogP contribution in [0.15, 0.2) is 12.1 Å². The lowest BCUT2D eigenvalue weighted by Crippen LogP contribution is -2.62. The molecule has 0 aromatic carbocycles. The number of nitrogens with zero attached hydrogens (tertiary/aromatic N) is 3. The Kier molecular flexibility index (Phi) is 3.41. The van der Waals surface area contributed by atoms with Crippen molar-refractivity contribution in [1.82, 2.24) is 9.88 Å². The zero-order valence-corrected chi connectivity index (χ0v) is 12.2. The number of carbonyl (C=O) groups is 2. The first-order valence-electron chi connectivity index (χ1n) is 6.48. The minimum absolute atomic E-state index is 0.00364. The van der Waals surface area contributed by atoms with Gasteiger partial charge in [0.25, 0.3) is 0 Å². The van der Waals surface area contributed by atoms with E-state index in [0.717, 1.165) is 0 Å². The van der Waals surface area contributed by atoms with Crippen LogP contribution in [0.2, 0.25) is 0 Å². The Labute approximate surface area is 118 Å². The van der Waals surface area contributed by atoms with Gasteiger partial charge < -0.3 is 14.9 Å². The van der Waals surface area contributed by atoms with Crippen LogP contribution in [0.5, 0.6) is 0 Å². The summed E-state index contributed by atoms with van der Waals surface area (Å²) in [6, 6.07) is 3.05. The predicted octanol–water partition coefficient (Wildman–Crippen LogP) is 1.15. The SMILES string of the molecule is Cc1cc(C(=O)O)cc(N2CCN(C)C(=O)C2(C)C)n1. The van der Waals surface area contributed by atoms with Crippen LogP contribution in [0.25, 0.3) is 0 Å². The molecular formula is C14H19N3O3. The van der Waals surface area contributed by atoms with Gasteiger partial charge in [-0.05, 0) is 32.9 Å². The third-order valence-corrected chi connectivity index (χ3v) is 3.67. The molecule has 108 valence electrons. The van der Waals surface area contributed by atoms with Crippen LogP contribution in [0.1, 0.15) is 29.9 Å². The molecule has 1 amide bonds. The summed E-state index contributed by atoms with van der Waals surface area (Å²) in [7, 11) is 1.77. The first-order valence-corrected chi connectivity index (χ1v) is 6.48. The van der Waals surface area contributed by atoms with Gasteiger partial charge in [-0.1, -0.05) is 0 Å². The van der Waals surface area contributed by atoms with Crippen LogP contribution in [0.4, 0.5) is 5.82 Å². The van der Waals surface area contributed by atoms with Gasteiger partial charge in [-0.3, -0.25) is 4.79 Å². The van der Waals surface area contributed by atoms with Crippen molar-refractivity contribution >= 4 is 17.7 Å². The number of aryl methyl sites for hydroxylation is 1. The average molecular weight is 277 g/mol. The van der Waals surface area contributed by atoms with Crippen molar-refractivity contribution in [3.63, 3.8) is 0 Å². The fourth-order valence-corrected chi connectivity index (χ4v) is 2.53. The molecule has 0 saturated carbocycles. The summed E-state index contributed by atoms with van der Waals surface area (Å²) in [4.78, 5) is 31.4. The summed E-state index contributed by atoms with van der Waals surface area (Å²) in [6.45, 7) is 6.64. The third-order valence-electron chi connectivity index (χ3n) is 3.67. The first-order chi connectivity index (χ1) is 9.23. The van der Waals surface area contributed by atoms with Crippen LogP contribution >= 0.6 is 0 Å². The zero-order chi connectivity index (χ0) is 15.1. The number of carbonyl (C=O) groups excluding carboxylic acids is 1. The molecule has 1 aromatic rings. The topological polar surface area (TPSA) is 73.7 Å². The molecule has 2 heterocycles. The number of aromatic carboxylic acids is 1. The molecule has 6 heteroatoms. The van der Waals surface area contributed by atoms with Gasteiger partial charge in [0, 0.05) is 25.8 Å². The molecule has 2 rings (SSSR count). The van der Waals surface area contributed by atoms with E-state index in [-0.39, 0.29) is 11.5 Å². The molecule has 20 heavy (non-hydrogen) atoms. The van der Waals surface area contributed by atoms with E-state index in [1.165, 1.54) is 12.1 Å². The fourth-order valence-electron chi connectivity index (χ4n) is 2.53. The van der Waals surface area contributed by atoms with Crippen LogP contribution in [-0.2, 0) is 4.79 Å². The Hall–Kier alpha value is -2.11. The van der Waals surface area contributed by atoms with Gasteiger partial charge in [0.15, 0.2) is 0 Å². The lowest BCUT2D eigenvalue weighted by molar-refractivity contribution is -0.136. The van der Waals surface area contributed by atoms with Crippen molar-refractivity contribution in [2.75, 3.05) is 25.0 Å². The summed E-state index contributed by atoms with van der Waals surface area (Å²) in [6.07, 6.45) is 0. The van der Waals surface area contributed by atoms with Crippen molar-refractivity contribution in [1.29, 1.82) is 0 Å². The molecule has 1 fully saturated rings. The molecular weight excluding hydrogens is 258 g/mol. The molecule has 0 bridgehead atoms. The van der Waals surface area contributed by atoms with Crippen molar-refractivity contribution in [3.8, 4) is 0 Å². The van der Waals surface area contributed by atoms with Crippen LogP contribution in [-0.4, -0.2) is 52.5 Å². The number of carboxylic acids is 1. The van der Waals surface area contributed by atoms with Crippen molar-refractivity contribution < 1.29 is 14.7 Å². The largest absolute Gasteiger partial charge is 0.478 e. The van der Waals surface area contributed by atoms with E-state index in [0.29, 0.717) is 24.6 Å². The molecule has 1 aromatic heterocycles. The summed E-state index contributed by atoms with van der Waals surface area (Å²) in [5.41, 5.74) is 0.0839. The smallest absolute Gasteiger partial charge is 0.335 e. The second kappa shape index (κ2) is 4.77. The number of rotatable bonds is 2. The Morgan fingerprint density at radius 1 is 1.35 bits per heavy atom. The molecule has 0 radical (unpaired) electrons. The van der Waals surface area contributed by atoms with Crippen molar-refractivity contribution in [2.45, 2.75) is 26.3 Å². The van der Waals surface area contributed by atoms with Gasteiger partial charge in [0.1, 0.15) is 11.4 Å². The number of piperazine rings is 1. The van der Waals surface area contributed by atoms with Crippen LogP contribution in [0, 0.1) is 6.92 Å². The van der Waals surface area contributed by atoms with E-state index in [2.05, 4.69) is 4.98 Å². The minimum atomic E-state index is -0.991. The maximum atomic E-state index is 12.3. The van der Waals surface area contributed by atoms with E-state index >= 15 is 0 Å². The molecule has 1 saturated heterocycles. The first kappa shape index (κ1) is 14.3. The Bertz CT molecular complexity index is 569. The quantitative estimate of drug-likeness (QED) is 0.877. The molecule has 0 spiro atoms. The van der Waals surface area contributed by atoms with Gasteiger partial charge in [-0.25, -0.2) is 9.78 Å². The fraction of sp³-hybridized carbons (Fsp3) is 0.500. The molecule has 0 atom stereocenters. The number of pyridine rings is 1. The number of likely N-dealkylation sites (N-methyl/N-ethyl adjacent to an activating group) is 1. The normalized spacial score (nSPS) is 18.3. The van der Waals surface area contributed by atoms with Gasteiger partial charge >= 0.3 is 5.97 Å². The number of hydrogen-bond acceptors (Lipinski definition) is 4. The Balaban J connectivity index is 2.45. The molecule has 1 aliphatic heterocycles. The van der Waals surface area contributed by atoms with Crippen LogP contribution < -0.4 is 4.90 Å². The minimum Gasteiger partial charge on any atom is -0.478 e. The Morgan fingerprint density at radius 3 is 2.60 bits per heavy atom. The number of carboxylic acid groups (broad SMARTS) is 1. The van der Waals surface area contributed by atoms with Gasteiger partial charge in [0.05, 0.1) is 5.56 Å². The molecule has 1 aliphatic rings. The van der Waals surface area contributed by atoms with E-state index < -0.39 is 11.5 Å². The molecule has 1 N–H and O–H groups in total. The van der Waals surface area contributed by atoms with E-state index in [1.54, 1.807) is 18.9 Å². The highest BCUT2D eigenvalue weighted by atomic mass is 16.4. The van der Waals surface area contributed by atoms with Crippen molar-refractivity contribution in [3.05, 3.63) is 23.4 Å². The lowest BCUT2D eigenvalue weighted by Gasteiger charge is -2.45. The number of anilines is 1.